The van der Waals surface area contributed by atoms with Crippen molar-refractivity contribution in [2.75, 3.05) is 0 Å². The minimum Gasteiger partial charge on any atom is -0.392 e. The van der Waals surface area contributed by atoms with Gasteiger partial charge in [-0.05, 0) is 36.8 Å². The van der Waals surface area contributed by atoms with E-state index in [0.29, 0.717) is 0 Å². The van der Waals surface area contributed by atoms with E-state index < -0.39 is 0 Å². The van der Waals surface area contributed by atoms with Gasteiger partial charge >= 0.3 is 0 Å². The summed E-state index contributed by atoms with van der Waals surface area (Å²) in [6.07, 6.45) is 0. The van der Waals surface area contributed by atoms with Gasteiger partial charge in [0.05, 0.1) is 11.5 Å². The molecule has 0 saturated carbocycles. The first-order chi connectivity index (χ1) is 7.78. The van der Waals surface area contributed by atoms with Crippen molar-refractivity contribution in [2.45, 2.75) is 13.5 Å². The van der Waals surface area contributed by atoms with Gasteiger partial charge in [0.2, 0.25) is 0 Å². The molecule has 0 radical (unpaired) electrons. The number of thiophene rings is 1. The molecule has 1 heterocycles. The molecule has 0 atom stereocenters. The summed E-state index contributed by atoms with van der Waals surface area (Å²) in [4.78, 5) is 2.36. The van der Waals surface area contributed by atoms with Crippen LogP contribution in [0.5, 0.6) is 0 Å². The van der Waals surface area contributed by atoms with Gasteiger partial charge in [0.15, 0.2) is 0 Å². The Morgan fingerprint density at radius 3 is 2.38 bits per heavy atom. The molecular formula is C14H12OS. The summed E-state index contributed by atoms with van der Waals surface area (Å²) in [7, 11) is 0. The summed E-state index contributed by atoms with van der Waals surface area (Å²) < 4.78 is 0. The first-order valence-corrected chi connectivity index (χ1v) is 5.88. The van der Waals surface area contributed by atoms with Gasteiger partial charge in [-0.1, -0.05) is 24.0 Å². The van der Waals surface area contributed by atoms with E-state index in [2.05, 4.69) is 24.8 Å². The second-order valence-corrected chi connectivity index (χ2v) is 4.80. The molecule has 2 heteroatoms. The Hall–Kier alpha value is -1.56. The highest BCUT2D eigenvalue weighted by Crippen LogP contribution is 2.13. The van der Waals surface area contributed by atoms with Crippen molar-refractivity contribution in [1.82, 2.24) is 0 Å². The zero-order valence-corrected chi connectivity index (χ0v) is 9.84. The molecule has 2 rings (SSSR count). The maximum atomic E-state index is 8.90. The van der Waals surface area contributed by atoms with Crippen LogP contribution < -0.4 is 0 Å². The van der Waals surface area contributed by atoms with Crippen molar-refractivity contribution in [1.29, 1.82) is 0 Å². The van der Waals surface area contributed by atoms with Crippen LogP contribution in [0.1, 0.15) is 20.9 Å². The third-order valence-corrected chi connectivity index (χ3v) is 3.12. The molecule has 0 fully saturated rings. The minimum absolute atomic E-state index is 0.0812. The first kappa shape index (κ1) is 10.9. The molecule has 0 aliphatic carbocycles. The fourth-order valence-corrected chi connectivity index (χ4v) is 2.05. The van der Waals surface area contributed by atoms with Gasteiger partial charge in [0.1, 0.15) is 0 Å². The van der Waals surface area contributed by atoms with Crippen LogP contribution in [0.15, 0.2) is 36.4 Å². The average Bonchev–Trinajstić information content (AvgIpc) is 2.73. The molecule has 1 N–H and O–H groups in total. The van der Waals surface area contributed by atoms with E-state index in [1.807, 2.05) is 30.3 Å². The van der Waals surface area contributed by atoms with Gasteiger partial charge in [-0.3, -0.25) is 0 Å². The van der Waals surface area contributed by atoms with E-state index in [-0.39, 0.29) is 6.61 Å². The Balaban J connectivity index is 2.17. The first-order valence-electron chi connectivity index (χ1n) is 5.06. The lowest BCUT2D eigenvalue weighted by Gasteiger charge is -1.94. The summed E-state index contributed by atoms with van der Waals surface area (Å²) >= 11 is 1.70. The molecular weight excluding hydrogens is 216 g/mol. The molecule has 0 spiro atoms. The second kappa shape index (κ2) is 4.98. The van der Waals surface area contributed by atoms with Crippen LogP contribution in [0.25, 0.3) is 0 Å². The molecule has 16 heavy (non-hydrogen) atoms. The van der Waals surface area contributed by atoms with Gasteiger partial charge in [0, 0.05) is 10.4 Å². The zero-order valence-electron chi connectivity index (χ0n) is 9.03. The van der Waals surface area contributed by atoms with Crippen molar-refractivity contribution < 1.29 is 5.11 Å². The highest BCUT2D eigenvalue weighted by Gasteiger charge is 1.92. The predicted octanol–water partition coefficient (Wildman–Crippen LogP) is 2.95. The summed E-state index contributed by atoms with van der Waals surface area (Å²) in [5.41, 5.74) is 1.89. The molecule has 1 nitrogen and oxygen atoms in total. The monoisotopic (exact) mass is 228 g/mol. The lowest BCUT2D eigenvalue weighted by Crippen LogP contribution is -1.82. The Labute approximate surface area is 99.4 Å². The SMILES string of the molecule is Cc1ccc(C#Cc2ccc(CO)cc2)s1. The van der Waals surface area contributed by atoms with Crippen LogP contribution in [0.2, 0.25) is 0 Å². The fraction of sp³-hybridized carbons (Fsp3) is 0.143. The quantitative estimate of drug-likeness (QED) is 0.744. The molecule has 0 unspecified atom stereocenters. The minimum atomic E-state index is 0.0812. The van der Waals surface area contributed by atoms with Crippen LogP contribution in [0.3, 0.4) is 0 Å². The van der Waals surface area contributed by atoms with Crippen molar-refractivity contribution in [3.63, 3.8) is 0 Å². The zero-order chi connectivity index (χ0) is 11.4. The van der Waals surface area contributed by atoms with E-state index in [1.165, 1.54) is 4.88 Å². The number of hydrogen-bond acceptors (Lipinski definition) is 2. The molecule has 2 aromatic rings. The van der Waals surface area contributed by atoms with Gasteiger partial charge in [-0.15, -0.1) is 11.3 Å². The van der Waals surface area contributed by atoms with Gasteiger partial charge < -0.3 is 5.11 Å². The molecule has 80 valence electrons. The standard InChI is InChI=1S/C14H12OS/c1-11-2-8-14(16-11)9-7-12-3-5-13(10-15)6-4-12/h2-6,8,15H,10H2,1H3. The summed E-state index contributed by atoms with van der Waals surface area (Å²) in [5, 5.41) is 8.90. The third-order valence-electron chi connectivity index (χ3n) is 2.21. The maximum absolute atomic E-state index is 8.90. The highest BCUT2D eigenvalue weighted by molar-refractivity contribution is 7.12. The normalized spacial score (nSPS) is 9.62. The van der Waals surface area contributed by atoms with E-state index in [4.69, 9.17) is 5.11 Å². The molecule has 0 amide bonds. The summed E-state index contributed by atoms with van der Waals surface area (Å²) in [6, 6.07) is 11.8. The Morgan fingerprint density at radius 1 is 1.06 bits per heavy atom. The largest absolute Gasteiger partial charge is 0.392 e. The van der Waals surface area contributed by atoms with Crippen LogP contribution in [0.4, 0.5) is 0 Å². The molecule has 1 aromatic heterocycles. The molecule has 0 aliphatic rings. The summed E-state index contributed by atoms with van der Waals surface area (Å²) in [5.74, 6) is 6.23. The number of aliphatic hydroxyl groups excluding tert-OH is 1. The van der Waals surface area contributed by atoms with Gasteiger partial charge in [-0.2, -0.15) is 0 Å². The molecule has 0 aliphatic heterocycles. The molecule has 0 saturated heterocycles. The Bertz CT molecular complexity index is 526. The predicted molar refractivity (Wildman–Crippen MR) is 67.4 cm³/mol. The van der Waals surface area contributed by atoms with Crippen molar-refractivity contribution in [2.24, 2.45) is 0 Å². The Kier molecular flexibility index (Phi) is 3.40. The van der Waals surface area contributed by atoms with Crippen molar-refractivity contribution in [3.05, 3.63) is 57.3 Å². The average molecular weight is 228 g/mol. The Morgan fingerprint density at radius 2 is 1.81 bits per heavy atom. The fourth-order valence-electron chi connectivity index (χ4n) is 1.33. The van der Waals surface area contributed by atoms with E-state index in [1.54, 1.807) is 11.3 Å². The topological polar surface area (TPSA) is 20.2 Å². The summed E-state index contributed by atoms with van der Waals surface area (Å²) in [6.45, 7) is 2.16. The number of benzene rings is 1. The van der Waals surface area contributed by atoms with Crippen LogP contribution >= 0.6 is 11.3 Å². The molecule has 0 bridgehead atoms. The smallest absolute Gasteiger partial charge is 0.0775 e. The van der Waals surface area contributed by atoms with Gasteiger partial charge in [0.25, 0.3) is 0 Å². The third kappa shape index (κ3) is 2.73. The molecule has 1 aromatic carbocycles. The van der Waals surface area contributed by atoms with Crippen LogP contribution in [0, 0.1) is 18.8 Å². The number of hydrogen-bond donors (Lipinski definition) is 1. The van der Waals surface area contributed by atoms with Gasteiger partial charge in [-0.25, -0.2) is 0 Å². The van der Waals surface area contributed by atoms with E-state index in [0.717, 1.165) is 16.0 Å². The van der Waals surface area contributed by atoms with Crippen LogP contribution in [-0.4, -0.2) is 5.11 Å². The number of aliphatic hydroxyl groups is 1. The number of aryl methyl sites for hydroxylation is 1. The lowest BCUT2D eigenvalue weighted by atomic mass is 10.1. The van der Waals surface area contributed by atoms with Crippen molar-refractivity contribution >= 4 is 11.3 Å². The highest BCUT2D eigenvalue weighted by atomic mass is 32.1. The second-order valence-electron chi connectivity index (χ2n) is 3.52. The van der Waals surface area contributed by atoms with E-state index in [9.17, 15) is 0 Å². The number of rotatable bonds is 1. The van der Waals surface area contributed by atoms with Crippen LogP contribution in [-0.2, 0) is 6.61 Å². The van der Waals surface area contributed by atoms with E-state index >= 15 is 0 Å². The van der Waals surface area contributed by atoms with Crippen molar-refractivity contribution in [3.8, 4) is 11.8 Å². The maximum Gasteiger partial charge on any atom is 0.0775 e. The lowest BCUT2D eigenvalue weighted by molar-refractivity contribution is 0.282.